The summed E-state index contributed by atoms with van der Waals surface area (Å²) in [6, 6.07) is 0. The monoisotopic (exact) mass is 168 g/mol. The highest BCUT2D eigenvalue weighted by atomic mass is 16.5. The van der Waals surface area contributed by atoms with Crippen LogP contribution in [0.4, 0.5) is 0 Å². The zero-order valence-electron chi connectivity index (χ0n) is 7.75. The van der Waals surface area contributed by atoms with E-state index in [-0.39, 0.29) is 11.9 Å². The molecule has 4 atom stereocenters. The van der Waals surface area contributed by atoms with E-state index >= 15 is 0 Å². The van der Waals surface area contributed by atoms with Gasteiger partial charge >= 0.3 is 5.97 Å². The molecule has 12 heavy (non-hydrogen) atoms. The van der Waals surface area contributed by atoms with E-state index < -0.39 is 0 Å². The number of fused-ring (bicyclic) bond motifs is 1. The minimum Gasteiger partial charge on any atom is -0.465 e. The van der Waals surface area contributed by atoms with Crippen molar-refractivity contribution in [2.24, 2.45) is 23.7 Å². The van der Waals surface area contributed by atoms with Gasteiger partial charge in [-0.25, -0.2) is 0 Å². The predicted molar refractivity (Wildman–Crippen MR) is 45.5 cm³/mol. The maximum absolute atomic E-state index is 11.4. The van der Waals surface area contributed by atoms with Gasteiger partial charge in [0.25, 0.3) is 0 Å². The lowest BCUT2D eigenvalue weighted by atomic mass is 9.81. The van der Waals surface area contributed by atoms with E-state index in [9.17, 15) is 4.79 Å². The summed E-state index contributed by atoms with van der Waals surface area (Å²) >= 11 is 0. The molecule has 2 nitrogen and oxygen atoms in total. The Morgan fingerprint density at radius 2 is 2.00 bits per heavy atom. The number of hydrogen-bond donors (Lipinski definition) is 0. The van der Waals surface area contributed by atoms with E-state index in [0.29, 0.717) is 24.4 Å². The van der Waals surface area contributed by atoms with Gasteiger partial charge in [-0.15, -0.1) is 0 Å². The summed E-state index contributed by atoms with van der Waals surface area (Å²) in [6.45, 7) is 5.01. The summed E-state index contributed by atoms with van der Waals surface area (Å²) in [6.07, 6.45) is 2.43. The highest BCUT2D eigenvalue weighted by molar-refractivity contribution is 5.74. The first-order valence-electron chi connectivity index (χ1n) is 4.87. The molecule has 2 rings (SSSR count). The van der Waals surface area contributed by atoms with Crippen LogP contribution >= 0.6 is 0 Å². The second-order valence-corrected chi connectivity index (χ2v) is 4.35. The first-order valence-corrected chi connectivity index (χ1v) is 4.87. The third kappa shape index (κ3) is 1.05. The van der Waals surface area contributed by atoms with Crippen molar-refractivity contribution in [2.45, 2.75) is 26.7 Å². The van der Waals surface area contributed by atoms with Crippen LogP contribution in [0.2, 0.25) is 0 Å². The third-order valence-corrected chi connectivity index (χ3v) is 3.52. The van der Waals surface area contributed by atoms with Crippen molar-refractivity contribution in [1.82, 2.24) is 0 Å². The molecular formula is C10H16O2. The van der Waals surface area contributed by atoms with Crippen molar-refractivity contribution in [3.63, 3.8) is 0 Å². The van der Waals surface area contributed by atoms with E-state index in [1.165, 1.54) is 12.8 Å². The van der Waals surface area contributed by atoms with Gasteiger partial charge in [0.15, 0.2) is 0 Å². The fourth-order valence-electron chi connectivity index (χ4n) is 2.72. The largest absolute Gasteiger partial charge is 0.465 e. The molecule has 0 aromatic rings. The Balaban J connectivity index is 2.18. The van der Waals surface area contributed by atoms with Crippen molar-refractivity contribution in [3.8, 4) is 0 Å². The molecule has 2 heteroatoms. The maximum Gasteiger partial charge on any atom is 0.309 e. The van der Waals surface area contributed by atoms with Gasteiger partial charge < -0.3 is 4.74 Å². The summed E-state index contributed by atoms with van der Waals surface area (Å²) in [5, 5.41) is 0. The van der Waals surface area contributed by atoms with Crippen molar-refractivity contribution in [1.29, 1.82) is 0 Å². The summed E-state index contributed by atoms with van der Waals surface area (Å²) in [4.78, 5) is 11.4. The number of cyclic esters (lactones) is 1. The van der Waals surface area contributed by atoms with Gasteiger partial charge in [0.1, 0.15) is 0 Å². The maximum atomic E-state index is 11.4. The molecule has 0 spiro atoms. The second-order valence-electron chi connectivity index (χ2n) is 4.35. The van der Waals surface area contributed by atoms with Crippen molar-refractivity contribution < 1.29 is 9.53 Å². The van der Waals surface area contributed by atoms with Crippen LogP contribution in [0.3, 0.4) is 0 Å². The van der Waals surface area contributed by atoms with E-state index in [4.69, 9.17) is 4.74 Å². The Hall–Kier alpha value is -0.530. The smallest absolute Gasteiger partial charge is 0.309 e. The Morgan fingerprint density at radius 3 is 2.67 bits per heavy atom. The normalized spacial score (nSPS) is 47.0. The van der Waals surface area contributed by atoms with Crippen molar-refractivity contribution in [3.05, 3.63) is 0 Å². The van der Waals surface area contributed by atoms with Gasteiger partial charge in [-0.2, -0.15) is 0 Å². The zero-order chi connectivity index (χ0) is 8.72. The average Bonchev–Trinajstić information content (AvgIpc) is 2.42. The zero-order valence-corrected chi connectivity index (χ0v) is 7.75. The molecule has 0 amide bonds. The van der Waals surface area contributed by atoms with Crippen molar-refractivity contribution >= 4 is 5.97 Å². The summed E-state index contributed by atoms with van der Waals surface area (Å²) in [5.74, 6) is 2.01. The lowest BCUT2D eigenvalue weighted by Crippen LogP contribution is -2.37. The fourth-order valence-corrected chi connectivity index (χ4v) is 2.72. The van der Waals surface area contributed by atoms with E-state index in [1.807, 2.05) is 0 Å². The van der Waals surface area contributed by atoms with Gasteiger partial charge in [0, 0.05) is 0 Å². The Bertz CT molecular complexity index is 200. The first kappa shape index (κ1) is 8.09. The molecule has 1 unspecified atom stereocenters. The van der Waals surface area contributed by atoms with Gasteiger partial charge in [-0.05, 0) is 30.6 Å². The number of carbonyl (C=O) groups is 1. The number of rotatable bonds is 0. The highest BCUT2D eigenvalue weighted by Crippen LogP contribution is 2.44. The Morgan fingerprint density at radius 1 is 1.25 bits per heavy atom. The van der Waals surface area contributed by atoms with Gasteiger partial charge in [-0.3, -0.25) is 4.79 Å². The van der Waals surface area contributed by atoms with Crippen LogP contribution in [0.15, 0.2) is 0 Å². The van der Waals surface area contributed by atoms with Crippen LogP contribution < -0.4 is 0 Å². The Labute approximate surface area is 73.3 Å². The molecule has 68 valence electrons. The van der Waals surface area contributed by atoms with Crippen LogP contribution in [-0.2, 0) is 9.53 Å². The molecule has 1 saturated heterocycles. The van der Waals surface area contributed by atoms with Crippen molar-refractivity contribution in [2.75, 3.05) is 6.61 Å². The molecule has 0 bridgehead atoms. The van der Waals surface area contributed by atoms with Gasteiger partial charge in [0.2, 0.25) is 0 Å². The summed E-state index contributed by atoms with van der Waals surface area (Å²) < 4.78 is 5.14. The molecular weight excluding hydrogens is 152 g/mol. The molecule has 1 aliphatic heterocycles. The molecule has 0 N–H and O–H groups in total. The first-order chi connectivity index (χ1) is 5.70. The molecule has 0 aromatic heterocycles. The number of esters is 1. The van der Waals surface area contributed by atoms with Crippen LogP contribution in [-0.4, -0.2) is 12.6 Å². The van der Waals surface area contributed by atoms with Crippen LogP contribution in [0.5, 0.6) is 0 Å². The Kier molecular flexibility index (Phi) is 1.85. The lowest BCUT2D eigenvalue weighted by molar-refractivity contribution is -0.160. The summed E-state index contributed by atoms with van der Waals surface area (Å²) in [5.41, 5.74) is 0. The lowest BCUT2D eigenvalue weighted by Gasteiger charge is -2.31. The highest BCUT2D eigenvalue weighted by Gasteiger charge is 2.45. The van der Waals surface area contributed by atoms with Gasteiger partial charge in [0.05, 0.1) is 12.5 Å². The molecule has 1 heterocycles. The molecule has 1 saturated carbocycles. The topological polar surface area (TPSA) is 26.3 Å². The number of hydrogen-bond acceptors (Lipinski definition) is 2. The van der Waals surface area contributed by atoms with Crippen LogP contribution in [0, 0.1) is 23.7 Å². The predicted octanol–water partition coefficient (Wildman–Crippen LogP) is 1.84. The van der Waals surface area contributed by atoms with Crippen LogP contribution in [0.25, 0.3) is 0 Å². The summed E-state index contributed by atoms with van der Waals surface area (Å²) in [7, 11) is 0. The minimum absolute atomic E-state index is 0.0584. The molecule has 2 fully saturated rings. The second kappa shape index (κ2) is 2.75. The molecule has 0 aromatic carbocycles. The standard InChI is InChI=1S/C10H16O2/c1-6-3-4-8-7(2)5-12-10(11)9(6)8/h6-9H,3-5H2,1-2H3/t6?,7-,8+,9-/m0/s1. The number of ether oxygens (including phenoxy) is 1. The minimum atomic E-state index is 0.0584. The van der Waals surface area contributed by atoms with Gasteiger partial charge in [-0.1, -0.05) is 13.8 Å². The quantitative estimate of drug-likeness (QED) is 0.516. The van der Waals surface area contributed by atoms with Crippen LogP contribution in [0.1, 0.15) is 26.7 Å². The van der Waals surface area contributed by atoms with E-state index in [0.717, 1.165) is 0 Å². The van der Waals surface area contributed by atoms with E-state index in [1.54, 1.807) is 0 Å². The van der Waals surface area contributed by atoms with E-state index in [2.05, 4.69) is 13.8 Å². The molecule has 2 aliphatic rings. The molecule has 1 aliphatic carbocycles. The third-order valence-electron chi connectivity index (χ3n) is 3.52. The average molecular weight is 168 g/mol. The molecule has 0 radical (unpaired) electrons. The fraction of sp³-hybridized carbons (Fsp3) is 0.900. The number of carbonyl (C=O) groups excluding carboxylic acids is 1. The SMILES string of the molecule is CC1CC[C@@H]2[C@@H](C)COC(=O)[C@@H]12.